The Kier molecular flexibility index (Phi) is 4.43. The highest BCUT2D eigenvalue weighted by Crippen LogP contribution is 2.38. The van der Waals surface area contributed by atoms with E-state index in [9.17, 15) is 9.90 Å². The fourth-order valence-corrected chi connectivity index (χ4v) is 4.07. The van der Waals surface area contributed by atoms with Crippen molar-refractivity contribution in [2.75, 3.05) is 13.1 Å². The maximum absolute atomic E-state index is 12.3. The largest absolute Gasteiger partial charge is 0.393 e. The number of carbonyl (C=O) groups is 1. The highest BCUT2D eigenvalue weighted by molar-refractivity contribution is 6.35. The minimum absolute atomic E-state index is 0.155. The molecule has 2 fully saturated rings. The number of carbonyl (C=O) groups excluding carboxylic acids is 1. The van der Waals surface area contributed by atoms with E-state index in [-0.39, 0.29) is 17.9 Å². The Labute approximate surface area is 134 Å². The lowest BCUT2D eigenvalue weighted by molar-refractivity contribution is -0.130. The van der Waals surface area contributed by atoms with Crippen LogP contribution in [0.3, 0.4) is 0 Å². The van der Waals surface area contributed by atoms with E-state index in [0.717, 1.165) is 24.9 Å². The summed E-state index contributed by atoms with van der Waals surface area (Å²) in [7, 11) is 0. The zero-order valence-corrected chi connectivity index (χ0v) is 13.3. The van der Waals surface area contributed by atoms with Crippen molar-refractivity contribution >= 4 is 29.1 Å². The van der Waals surface area contributed by atoms with Crippen molar-refractivity contribution in [2.24, 2.45) is 11.8 Å². The van der Waals surface area contributed by atoms with Gasteiger partial charge in [0.1, 0.15) is 0 Å². The molecule has 3 atom stereocenters. The third-order valence-electron chi connectivity index (χ3n) is 4.80. The van der Waals surface area contributed by atoms with Gasteiger partial charge in [-0.15, -0.1) is 0 Å². The zero-order valence-electron chi connectivity index (χ0n) is 11.8. The van der Waals surface area contributed by atoms with Crippen LogP contribution >= 0.6 is 23.2 Å². The Hall–Kier alpha value is -0.770. The Morgan fingerprint density at radius 2 is 2.10 bits per heavy atom. The smallest absolute Gasteiger partial charge is 0.222 e. The van der Waals surface area contributed by atoms with E-state index in [0.29, 0.717) is 35.3 Å². The molecule has 1 saturated heterocycles. The maximum Gasteiger partial charge on any atom is 0.222 e. The molecule has 0 spiro atoms. The minimum Gasteiger partial charge on any atom is -0.393 e. The van der Waals surface area contributed by atoms with Crippen LogP contribution in [0.4, 0.5) is 0 Å². The average Bonchev–Trinajstić information content (AvgIpc) is 3.00. The van der Waals surface area contributed by atoms with Gasteiger partial charge in [0.2, 0.25) is 5.91 Å². The third kappa shape index (κ3) is 3.20. The summed E-state index contributed by atoms with van der Waals surface area (Å²) in [5, 5.41) is 11.1. The lowest BCUT2D eigenvalue weighted by Crippen LogP contribution is -2.31. The number of aryl methyl sites for hydroxylation is 1. The molecule has 3 rings (SSSR count). The SMILES string of the molecule is O=C(CCc1ccc(Cl)cc1Cl)N1CC2CCC(O)C2C1. The van der Waals surface area contributed by atoms with Gasteiger partial charge in [0.15, 0.2) is 0 Å². The van der Waals surface area contributed by atoms with Gasteiger partial charge in [-0.05, 0) is 42.9 Å². The van der Waals surface area contributed by atoms with Crippen LogP contribution in [-0.2, 0) is 11.2 Å². The van der Waals surface area contributed by atoms with Gasteiger partial charge in [-0.3, -0.25) is 4.79 Å². The summed E-state index contributed by atoms with van der Waals surface area (Å²) in [6, 6.07) is 5.38. The monoisotopic (exact) mass is 327 g/mol. The number of rotatable bonds is 3. The Morgan fingerprint density at radius 3 is 2.81 bits per heavy atom. The molecule has 1 heterocycles. The first-order valence-corrected chi connectivity index (χ1v) is 8.20. The van der Waals surface area contributed by atoms with Crippen molar-refractivity contribution in [2.45, 2.75) is 31.8 Å². The van der Waals surface area contributed by atoms with Gasteiger partial charge >= 0.3 is 0 Å². The summed E-state index contributed by atoms with van der Waals surface area (Å²) >= 11 is 12.0. The molecule has 2 aliphatic rings. The standard InChI is InChI=1S/C16H19Cl2NO2/c17-12-4-1-10(14(18)7-12)3-6-16(21)19-8-11-2-5-15(20)13(11)9-19/h1,4,7,11,13,15,20H,2-3,5-6,8-9H2. The lowest BCUT2D eigenvalue weighted by atomic mass is 10.00. The fraction of sp³-hybridized carbons (Fsp3) is 0.562. The predicted molar refractivity (Wildman–Crippen MR) is 83.6 cm³/mol. The first-order valence-electron chi connectivity index (χ1n) is 7.44. The number of fused-ring (bicyclic) bond motifs is 1. The molecule has 5 heteroatoms. The number of likely N-dealkylation sites (tertiary alicyclic amines) is 1. The van der Waals surface area contributed by atoms with Gasteiger partial charge in [0.25, 0.3) is 0 Å². The van der Waals surface area contributed by atoms with E-state index < -0.39 is 0 Å². The molecular formula is C16H19Cl2NO2. The van der Waals surface area contributed by atoms with Crippen molar-refractivity contribution < 1.29 is 9.90 Å². The minimum atomic E-state index is -0.224. The topological polar surface area (TPSA) is 40.5 Å². The highest BCUT2D eigenvalue weighted by atomic mass is 35.5. The zero-order chi connectivity index (χ0) is 15.0. The average molecular weight is 328 g/mol. The normalized spacial score (nSPS) is 28.0. The number of nitrogens with zero attached hydrogens (tertiary/aromatic N) is 1. The lowest BCUT2D eigenvalue weighted by Gasteiger charge is -2.18. The van der Waals surface area contributed by atoms with E-state index in [1.165, 1.54) is 0 Å². The number of hydrogen-bond acceptors (Lipinski definition) is 2. The molecule has 3 unspecified atom stereocenters. The first-order chi connectivity index (χ1) is 10.0. The van der Waals surface area contributed by atoms with E-state index in [1.807, 2.05) is 11.0 Å². The summed E-state index contributed by atoms with van der Waals surface area (Å²) in [5.41, 5.74) is 0.953. The molecule has 21 heavy (non-hydrogen) atoms. The third-order valence-corrected chi connectivity index (χ3v) is 5.38. The summed E-state index contributed by atoms with van der Waals surface area (Å²) in [5.74, 6) is 0.929. The van der Waals surface area contributed by atoms with Crippen LogP contribution in [-0.4, -0.2) is 35.1 Å². The van der Waals surface area contributed by atoms with Gasteiger partial charge in [-0.1, -0.05) is 29.3 Å². The second kappa shape index (κ2) is 6.15. The van der Waals surface area contributed by atoms with Gasteiger partial charge in [-0.2, -0.15) is 0 Å². The highest BCUT2D eigenvalue weighted by Gasteiger charge is 2.42. The molecule has 0 aromatic heterocycles. The molecule has 114 valence electrons. The Morgan fingerprint density at radius 1 is 1.29 bits per heavy atom. The molecule has 1 amide bonds. The van der Waals surface area contributed by atoms with Crippen molar-refractivity contribution in [3.05, 3.63) is 33.8 Å². The van der Waals surface area contributed by atoms with Crippen molar-refractivity contribution in [3.63, 3.8) is 0 Å². The van der Waals surface area contributed by atoms with Gasteiger partial charge in [0.05, 0.1) is 6.10 Å². The van der Waals surface area contributed by atoms with E-state index in [2.05, 4.69) is 0 Å². The number of benzene rings is 1. The molecule has 3 nitrogen and oxygen atoms in total. The summed E-state index contributed by atoms with van der Waals surface area (Å²) in [4.78, 5) is 14.2. The van der Waals surface area contributed by atoms with Crippen LogP contribution in [0.5, 0.6) is 0 Å². The van der Waals surface area contributed by atoms with Crippen LogP contribution in [0.2, 0.25) is 10.0 Å². The molecule has 1 aromatic rings. The van der Waals surface area contributed by atoms with Crippen molar-refractivity contribution in [3.8, 4) is 0 Å². The number of halogens is 2. The van der Waals surface area contributed by atoms with E-state index in [4.69, 9.17) is 23.2 Å². The number of aliphatic hydroxyl groups excluding tert-OH is 1. The Balaban J connectivity index is 1.55. The van der Waals surface area contributed by atoms with E-state index >= 15 is 0 Å². The summed E-state index contributed by atoms with van der Waals surface area (Å²) in [6.07, 6.45) is 2.79. The van der Waals surface area contributed by atoms with Crippen LogP contribution in [0.25, 0.3) is 0 Å². The summed E-state index contributed by atoms with van der Waals surface area (Å²) < 4.78 is 0. The first kappa shape index (κ1) is 15.1. The summed E-state index contributed by atoms with van der Waals surface area (Å²) in [6.45, 7) is 1.51. The fourth-order valence-electron chi connectivity index (χ4n) is 3.56. The maximum atomic E-state index is 12.3. The van der Waals surface area contributed by atoms with E-state index in [1.54, 1.807) is 12.1 Å². The second-order valence-electron chi connectivity index (χ2n) is 6.10. The molecule has 1 N–H and O–H groups in total. The molecule has 1 aliphatic carbocycles. The van der Waals surface area contributed by atoms with Gasteiger partial charge < -0.3 is 10.0 Å². The molecule has 1 aromatic carbocycles. The molecular weight excluding hydrogens is 309 g/mol. The quantitative estimate of drug-likeness (QED) is 0.926. The van der Waals surface area contributed by atoms with Gasteiger partial charge in [0, 0.05) is 35.5 Å². The number of hydrogen-bond donors (Lipinski definition) is 1. The molecule has 0 bridgehead atoms. The predicted octanol–water partition coefficient (Wildman–Crippen LogP) is 3.16. The van der Waals surface area contributed by atoms with Crippen LogP contribution in [0.1, 0.15) is 24.8 Å². The van der Waals surface area contributed by atoms with Crippen LogP contribution in [0, 0.1) is 11.8 Å². The molecule has 1 aliphatic heterocycles. The second-order valence-corrected chi connectivity index (χ2v) is 6.95. The molecule has 0 radical (unpaired) electrons. The van der Waals surface area contributed by atoms with Crippen molar-refractivity contribution in [1.29, 1.82) is 0 Å². The number of aliphatic hydroxyl groups is 1. The molecule has 1 saturated carbocycles. The van der Waals surface area contributed by atoms with Crippen LogP contribution in [0.15, 0.2) is 18.2 Å². The van der Waals surface area contributed by atoms with Crippen molar-refractivity contribution in [1.82, 2.24) is 4.90 Å². The van der Waals surface area contributed by atoms with Gasteiger partial charge in [-0.25, -0.2) is 0 Å². The number of amides is 1. The Bertz CT molecular complexity index is 549. The van der Waals surface area contributed by atoms with Crippen LogP contribution < -0.4 is 0 Å².